The van der Waals surface area contributed by atoms with Crippen molar-refractivity contribution in [3.05, 3.63) is 18.5 Å². The Morgan fingerprint density at radius 2 is 2.38 bits per heavy atom. The van der Waals surface area contributed by atoms with E-state index in [1.165, 1.54) is 12.4 Å². The number of rotatable bonds is 1. The van der Waals surface area contributed by atoms with E-state index in [9.17, 15) is 0 Å². The summed E-state index contributed by atoms with van der Waals surface area (Å²) in [4.78, 5) is 0. The van der Waals surface area contributed by atoms with E-state index in [1.807, 2.05) is 0 Å². The molecule has 0 bridgehead atoms. The third kappa shape index (κ3) is 1.10. The van der Waals surface area contributed by atoms with Gasteiger partial charge in [-0.2, -0.15) is 10.2 Å². The van der Waals surface area contributed by atoms with Gasteiger partial charge >= 0.3 is 0 Å². The van der Waals surface area contributed by atoms with Gasteiger partial charge in [-0.1, -0.05) is 0 Å². The Morgan fingerprint density at radius 3 is 2.75 bits per heavy atom. The average Bonchev–Trinajstić information content (AvgIpc) is 1.90. The molecule has 3 nitrogen and oxygen atoms in total. The van der Waals surface area contributed by atoms with Crippen LogP contribution >= 0.6 is 12.9 Å². The first-order valence-corrected chi connectivity index (χ1v) is 2.38. The lowest BCUT2D eigenvalue weighted by molar-refractivity contribution is 0.649. The zero-order valence-corrected chi connectivity index (χ0v) is 4.88. The van der Waals surface area contributed by atoms with Crippen LogP contribution in [0.15, 0.2) is 18.5 Å². The van der Waals surface area contributed by atoms with Gasteiger partial charge in [-0.25, -0.2) is 0 Å². The molecule has 4 heteroatoms. The molecule has 1 aromatic heterocycles. The van der Waals surface area contributed by atoms with Crippen LogP contribution < -0.4 is 4.18 Å². The number of aromatic nitrogens is 2. The summed E-state index contributed by atoms with van der Waals surface area (Å²) in [5.41, 5.74) is 0. The minimum absolute atomic E-state index is 0.600. The molecule has 0 aliphatic heterocycles. The average molecular weight is 128 g/mol. The molecule has 0 saturated carbocycles. The van der Waals surface area contributed by atoms with Gasteiger partial charge in [-0.15, -0.1) is 0 Å². The Balaban J connectivity index is 2.83. The van der Waals surface area contributed by atoms with Crippen LogP contribution in [0.25, 0.3) is 0 Å². The van der Waals surface area contributed by atoms with Crippen LogP contribution in [0.1, 0.15) is 0 Å². The topological polar surface area (TPSA) is 35.0 Å². The molecular weight excluding hydrogens is 124 g/mol. The summed E-state index contributed by atoms with van der Waals surface area (Å²) in [7, 11) is 0. The van der Waals surface area contributed by atoms with Crippen LogP contribution in [0.2, 0.25) is 0 Å². The van der Waals surface area contributed by atoms with Crippen LogP contribution in [-0.2, 0) is 0 Å². The van der Waals surface area contributed by atoms with E-state index in [0.29, 0.717) is 5.75 Å². The molecule has 1 aromatic rings. The number of nitrogens with zero attached hydrogens (tertiary/aromatic N) is 2. The molecule has 42 valence electrons. The number of thiol groups is 1. The van der Waals surface area contributed by atoms with Gasteiger partial charge in [0.05, 0.1) is 12.4 Å². The van der Waals surface area contributed by atoms with Gasteiger partial charge in [-0.3, -0.25) is 0 Å². The molecule has 0 unspecified atom stereocenters. The molecule has 0 amide bonds. The zero-order chi connectivity index (χ0) is 5.82. The second kappa shape index (κ2) is 2.52. The highest BCUT2D eigenvalue weighted by Crippen LogP contribution is 2.04. The molecule has 0 radical (unpaired) electrons. The Labute approximate surface area is 52.3 Å². The van der Waals surface area contributed by atoms with Crippen LogP contribution in [0, 0.1) is 0 Å². The van der Waals surface area contributed by atoms with Crippen molar-refractivity contribution in [3.8, 4) is 5.75 Å². The van der Waals surface area contributed by atoms with Crippen molar-refractivity contribution in [1.29, 1.82) is 0 Å². The highest BCUT2D eigenvalue weighted by Gasteiger charge is 1.83. The second-order valence-electron chi connectivity index (χ2n) is 1.17. The Hall–Kier alpha value is -0.770. The lowest BCUT2D eigenvalue weighted by Crippen LogP contribution is -1.78. The fourth-order valence-electron chi connectivity index (χ4n) is 0.333. The van der Waals surface area contributed by atoms with Gasteiger partial charge in [0.25, 0.3) is 0 Å². The molecule has 0 fully saturated rings. The third-order valence-corrected chi connectivity index (χ3v) is 0.873. The Morgan fingerprint density at radius 1 is 1.50 bits per heavy atom. The first-order valence-electron chi connectivity index (χ1n) is 2.01. The van der Waals surface area contributed by atoms with Gasteiger partial charge in [0, 0.05) is 19.0 Å². The summed E-state index contributed by atoms with van der Waals surface area (Å²) < 4.78 is 4.51. The van der Waals surface area contributed by atoms with Crippen LogP contribution in [0.4, 0.5) is 0 Å². The molecule has 0 N–H and O–H groups in total. The van der Waals surface area contributed by atoms with Crippen molar-refractivity contribution in [1.82, 2.24) is 10.2 Å². The molecule has 0 spiro atoms. The molecule has 0 aromatic carbocycles. The van der Waals surface area contributed by atoms with Crippen molar-refractivity contribution in [3.63, 3.8) is 0 Å². The minimum Gasteiger partial charge on any atom is -0.427 e. The molecule has 0 saturated heterocycles. The summed E-state index contributed by atoms with van der Waals surface area (Å²) in [6.07, 6.45) is 3.01. The Kier molecular flexibility index (Phi) is 1.69. The lowest BCUT2D eigenvalue weighted by atomic mass is 10.5. The predicted molar refractivity (Wildman–Crippen MR) is 31.6 cm³/mol. The van der Waals surface area contributed by atoms with E-state index in [0.717, 1.165) is 0 Å². The SMILES string of the molecule is SOc1ccnnc1. The van der Waals surface area contributed by atoms with E-state index < -0.39 is 0 Å². The van der Waals surface area contributed by atoms with Gasteiger partial charge < -0.3 is 4.18 Å². The first kappa shape index (κ1) is 5.37. The molecule has 0 aliphatic carbocycles. The molecule has 0 aliphatic rings. The highest BCUT2D eigenvalue weighted by molar-refractivity contribution is 7.75. The summed E-state index contributed by atoms with van der Waals surface area (Å²) in [6, 6.07) is 1.67. The van der Waals surface area contributed by atoms with Crippen molar-refractivity contribution in [2.45, 2.75) is 0 Å². The van der Waals surface area contributed by atoms with E-state index >= 15 is 0 Å². The smallest absolute Gasteiger partial charge is 0.158 e. The molecule has 1 heterocycles. The largest absolute Gasteiger partial charge is 0.427 e. The van der Waals surface area contributed by atoms with Crippen molar-refractivity contribution in [2.24, 2.45) is 0 Å². The standard InChI is InChI=1S/C4H4N2OS/c8-7-4-1-2-5-6-3-4/h1-3,8H. The van der Waals surface area contributed by atoms with Crippen molar-refractivity contribution >= 4 is 12.9 Å². The normalized spacial score (nSPS) is 8.62. The maximum atomic E-state index is 4.51. The monoisotopic (exact) mass is 128 g/mol. The third-order valence-electron chi connectivity index (χ3n) is 0.663. The molecule has 8 heavy (non-hydrogen) atoms. The Bertz CT molecular complexity index is 155. The van der Waals surface area contributed by atoms with Gasteiger partial charge in [0.1, 0.15) is 0 Å². The van der Waals surface area contributed by atoms with Crippen LogP contribution in [0.5, 0.6) is 5.75 Å². The maximum absolute atomic E-state index is 4.51. The predicted octanol–water partition coefficient (Wildman–Crippen LogP) is 0.700. The van der Waals surface area contributed by atoms with Crippen molar-refractivity contribution < 1.29 is 4.18 Å². The van der Waals surface area contributed by atoms with Gasteiger partial charge in [0.2, 0.25) is 0 Å². The first-order chi connectivity index (χ1) is 3.93. The number of hydrogen-bond donors (Lipinski definition) is 1. The fraction of sp³-hybridized carbons (Fsp3) is 0. The quantitative estimate of drug-likeness (QED) is 0.446. The van der Waals surface area contributed by atoms with Gasteiger partial charge in [-0.05, 0) is 0 Å². The summed E-state index contributed by atoms with van der Waals surface area (Å²) in [5.74, 6) is 0.600. The fourth-order valence-corrected chi connectivity index (χ4v) is 0.441. The molecule has 1 rings (SSSR count). The summed E-state index contributed by atoms with van der Waals surface area (Å²) in [5, 5.41) is 7.06. The van der Waals surface area contributed by atoms with E-state index in [4.69, 9.17) is 0 Å². The minimum atomic E-state index is 0.600. The molecule has 0 atom stereocenters. The van der Waals surface area contributed by atoms with E-state index in [1.54, 1.807) is 6.07 Å². The lowest BCUT2D eigenvalue weighted by Gasteiger charge is -1.90. The summed E-state index contributed by atoms with van der Waals surface area (Å²) in [6.45, 7) is 0. The second-order valence-corrected chi connectivity index (χ2v) is 1.35. The van der Waals surface area contributed by atoms with Crippen molar-refractivity contribution in [2.75, 3.05) is 0 Å². The molecular formula is C4H4N2OS. The maximum Gasteiger partial charge on any atom is 0.158 e. The van der Waals surface area contributed by atoms with Crippen LogP contribution in [0.3, 0.4) is 0 Å². The van der Waals surface area contributed by atoms with E-state index in [2.05, 4.69) is 27.3 Å². The number of hydrogen-bond acceptors (Lipinski definition) is 4. The van der Waals surface area contributed by atoms with Crippen LogP contribution in [-0.4, -0.2) is 10.2 Å². The van der Waals surface area contributed by atoms with E-state index in [-0.39, 0.29) is 0 Å². The zero-order valence-electron chi connectivity index (χ0n) is 3.98. The summed E-state index contributed by atoms with van der Waals surface area (Å²) >= 11 is 3.54. The van der Waals surface area contributed by atoms with Gasteiger partial charge in [0.15, 0.2) is 5.75 Å². The highest BCUT2D eigenvalue weighted by atomic mass is 32.1.